The first-order valence-corrected chi connectivity index (χ1v) is 13.3. The summed E-state index contributed by atoms with van der Waals surface area (Å²) in [6, 6.07) is -1.30. The quantitative estimate of drug-likeness (QED) is 0.149. The highest BCUT2D eigenvalue weighted by Crippen LogP contribution is 2.52. The molecule has 0 saturated carbocycles. The molecule has 0 bridgehead atoms. The number of carboxylic acid groups (broad SMARTS) is 1. The van der Waals surface area contributed by atoms with Crippen molar-refractivity contribution in [2.75, 3.05) is 32.3 Å². The number of hydrogen-bond acceptors (Lipinski definition) is 13. The molecule has 0 aromatic carbocycles. The Morgan fingerprint density at radius 1 is 1.34 bits per heavy atom. The van der Waals surface area contributed by atoms with Gasteiger partial charge in [-0.3, -0.25) is 14.5 Å². The molecule has 0 spiro atoms. The summed E-state index contributed by atoms with van der Waals surface area (Å²) in [7, 11) is 2.64. The number of thiazole rings is 1. The van der Waals surface area contributed by atoms with Crippen LogP contribution in [0.2, 0.25) is 0 Å². The first kappa shape index (κ1) is 29.2. The number of carboxylic acids is 1. The van der Waals surface area contributed by atoms with Crippen LogP contribution in [0, 0.1) is 0 Å². The number of nitrogens with zero attached hydrogens (tertiary/aromatic N) is 3. The number of anilines is 1. The van der Waals surface area contributed by atoms with E-state index in [1.54, 1.807) is 6.92 Å². The lowest BCUT2D eigenvalue weighted by Crippen LogP contribution is -2.82. The highest BCUT2D eigenvalue weighted by Gasteiger charge is 2.69. The van der Waals surface area contributed by atoms with Gasteiger partial charge in [0.1, 0.15) is 36.8 Å². The molecule has 1 aromatic rings. The number of nitrogens with two attached hydrogens (primary N) is 1. The van der Waals surface area contributed by atoms with Crippen LogP contribution in [-0.4, -0.2) is 94.3 Å². The molecule has 2 amide bonds. The molecule has 208 valence electrons. The number of nitrogens with one attached hydrogen (secondary N) is 1. The predicted octanol–water partition coefficient (Wildman–Crippen LogP) is 1.17. The van der Waals surface area contributed by atoms with E-state index in [9.17, 15) is 24.3 Å². The molecule has 4 N–H and O–H groups in total. The molecule has 0 aliphatic carbocycles. The number of amides is 2. The van der Waals surface area contributed by atoms with Crippen LogP contribution in [0.3, 0.4) is 0 Å². The van der Waals surface area contributed by atoms with Crippen LogP contribution in [0.4, 0.5) is 9.93 Å². The van der Waals surface area contributed by atoms with Gasteiger partial charge in [-0.2, -0.15) is 0 Å². The first-order valence-electron chi connectivity index (χ1n) is 11.4. The molecule has 4 atom stereocenters. The molecule has 0 radical (unpaired) electrons. The Morgan fingerprint density at radius 3 is 2.61 bits per heavy atom. The SMILES string of the molecule is CCC(C)OC(=O)OC(C)C12SCC(COC)=C(C(=O)O)N1C(=O)C2NC(=O)C(=NOC)c1csc(N)n1. The van der Waals surface area contributed by atoms with E-state index < -0.39 is 47.1 Å². The van der Waals surface area contributed by atoms with Crippen LogP contribution in [0.25, 0.3) is 0 Å². The second-order valence-corrected chi connectivity index (χ2v) is 10.5. The zero-order valence-electron chi connectivity index (χ0n) is 21.4. The van der Waals surface area contributed by atoms with Gasteiger partial charge in [0.15, 0.2) is 15.7 Å². The summed E-state index contributed by atoms with van der Waals surface area (Å²) in [5, 5.41) is 18.0. The minimum absolute atomic E-state index is 0.0350. The maximum absolute atomic E-state index is 13.4. The number of aromatic nitrogens is 1. The lowest BCUT2D eigenvalue weighted by atomic mass is 9.87. The first-order chi connectivity index (χ1) is 18.0. The Balaban J connectivity index is 2.00. The number of carbonyl (C=O) groups is 4. The van der Waals surface area contributed by atoms with E-state index in [-0.39, 0.29) is 34.6 Å². The van der Waals surface area contributed by atoms with E-state index >= 15 is 0 Å². The topological polar surface area (TPSA) is 192 Å². The number of fused-ring (bicyclic) bond motifs is 1. The molecule has 1 aromatic heterocycles. The number of aliphatic carboxylic acids is 1. The fourth-order valence-electron chi connectivity index (χ4n) is 4.03. The van der Waals surface area contributed by atoms with Crippen molar-refractivity contribution in [1.29, 1.82) is 0 Å². The number of nitrogen functional groups attached to an aromatic ring is 1. The van der Waals surface area contributed by atoms with Crippen LogP contribution >= 0.6 is 23.1 Å². The number of hydrogen-bond donors (Lipinski definition) is 3. The van der Waals surface area contributed by atoms with Gasteiger partial charge in [0.25, 0.3) is 11.8 Å². The summed E-state index contributed by atoms with van der Waals surface area (Å²) in [6.07, 6.45) is -1.98. The maximum atomic E-state index is 13.4. The lowest BCUT2D eigenvalue weighted by molar-refractivity contribution is -0.165. The van der Waals surface area contributed by atoms with E-state index in [2.05, 4.69) is 15.5 Å². The van der Waals surface area contributed by atoms with Crippen molar-refractivity contribution in [3.05, 3.63) is 22.3 Å². The number of ether oxygens (including phenoxy) is 3. The Hall–Kier alpha value is -3.37. The summed E-state index contributed by atoms with van der Waals surface area (Å²) in [5.74, 6) is -2.79. The minimum atomic E-state index is -1.51. The molecule has 3 rings (SSSR count). The third-order valence-electron chi connectivity index (χ3n) is 5.95. The van der Waals surface area contributed by atoms with E-state index in [1.165, 1.54) is 26.5 Å². The monoisotopic (exact) mass is 571 g/mol. The van der Waals surface area contributed by atoms with Gasteiger partial charge in [-0.15, -0.1) is 23.1 Å². The minimum Gasteiger partial charge on any atom is -0.477 e. The third kappa shape index (κ3) is 5.42. The van der Waals surface area contributed by atoms with Crippen LogP contribution in [-0.2, 0) is 33.4 Å². The second-order valence-electron chi connectivity index (χ2n) is 8.35. The average molecular weight is 572 g/mol. The van der Waals surface area contributed by atoms with Crippen LogP contribution in [0.1, 0.15) is 32.9 Å². The summed E-state index contributed by atoms with van der Waals surface area (Å²) < 4.78 is 15.8. The number of oxime groups is 1. The van der Waals surface area contributed by atoms with Crippen molar-refractivity contribution in [3.63, 3.8) is 0 Å². The van der Waals surface area contributed by atoms with Gasteiger partial charge in [0, 0.05) is 18.2 Å². The van der Waals surface area contributed by atoms with Gasteiger partial charge in [0.2, 0.25) is 0 Å². The lowest BCUT2D eigenvalue weighted by Gasteiger charge is -2.60. The van der Waals surface area contributed by atoms with Crippen LogP contribution in [0.5, 0.6) is 0 Å². The fourth-order valence-corrected chi connectivity index (χ4v) is 6.12. The predicted molar refractivity (Wildman–Crippen MR) is 137 cm³/mol. The van der Waals surface area contributed by atoms with E-state index in [0.717, 1.165) is 28.0 Å². The van der Waals surface area contributed by atoms with Gasteiger partial charge in [-0.1, -0.05) is 12.1 Å². The fraction of sp³-hybridized carbons (Fsp3) is 0.545. The maximum Gasteiger partial charge on any atom is 0.508 e. The van der Waals surface area contributed by atoms with Gasteiger partial charge in [-0.25, -0.2) is 14.6 Å². The second kappa shape index (κ2) is 12.0. The summed E-state index contributed by atoms with van der Waals surface area (Å²) in [5.41, 5.74) is 5.60. The third-order valence-corrected chi connectivity index (χ3v) is 8.33. The Morgan fingerprint density at radius 2 is 2.05 bits per heavy atom. The van der Waals surface area contributed by atoms with E-state index in [1.807, 2.05) is 6.92 Å². The summed E-state index contributed by atoms with van der Waals surface area (Å²) >= 11 is 2.21. The zero-order chi connectivity index (χ0) is 28.2. The molecule has 14 nitrogen and oxygen atoms in total. The molecular formula is C22H29N5O9S2. The van der Waals surface area contributed by atoms with Gasteiger partial charge in [0.05, 0.1) is 6.61 Å². The number of carbonyl (C=O) groups excluding carboxylic acids is 3. The largest absolute Gasteiger partial charge is 0.508 e. The number of thioether (sulfide) groups is 1. The van der Waals surface area contributed by atoms with Gasteiger partial charge < -0.3 is 35.2 Å². The van der Waals surface area contributed by atoms with Crippen molar-refractivity contribution in [1.82, 2.24) is 15.2 Å². The van der Waals surface area contributed by atoms with E-state index in [0.29, 0.717) is 12.0 Å². The highest BCUT2D eigenvalue weighted by molar-refractivity contribution is 8.01. The molecule has 16 heteroatoms. The van der Waals surface area contributed by atoms with Crippen molar-refractivity contribution < 1.29 is 43.3 Å². The van der Waals surface area contributed by atoms with Crippen LogP contribution < -0.4 is 11.1 Å². The summed E-state index contributed by atoms with van der Waals surface area (Å²) in [4.78, 5) is 59.7. The van der Waals surface area contributed by atoms with Crippen LogP contribution in [0.15, 0.2) is 21.8 Å². The smallest absolute Gasteiger partial charge is 0.477 e. The number of rotatable bonds is 11. The summed E-state index contributed by atoms with van der Waals surface area (Å²) in [6.45, 7) is 4.97. The Bertz CT molecular complexity index is 1170. The van der Waals surface area contributed by atoms with Gasteiger partial charge >= 0.3 is 12.1 Å². The van der Waals surface area contributed by atoms with Gasteiger partial charge in [-0.05, 0) is 25.8 Å². The van der Waals surface area contributed by atoms with Crippen molar-refractivity contribution in [2.24, 2.45) is 5.16 Å². The molecule has 3 heterocycles. The standard InChI is InChI=1S/C22H29N5O9S2/c1-6-10(2)35-21(32)36-11(3)22-16(25-17(28)14(26-34-5)13-9-37-20(23)24-13)18(29)27(22)15(19(30)31)12(7-33-4)8-38-22/h9-11,16H,6-8H2,1-5H3,(H2,23,24)(H,25,28)(H,30,31). The molecule has 4 unspecified atom stereocenters. The highest BCUT2D eigenvalue weighted by atomic mass is 32.2. The number of methoxy groups -OCH3 is 1. The van der Waals surface area contributed by atoms with Crippen molar-refractivity contribution >= 4 is 57.9 Å². The molecule has 1 fully saturated rings. The Kier molecular flexibility index (Phi) is 9.22. The molecule has 2 aliphatic heterocycles. The normalized spacial score (nSPS) is 22.7. The molecule has 38 heavy (non-hydrogen) atoms. The zero-order valence-corrected chi connectivity index (χ0v) is 23.0. The average Bonchev–Trinajstić information content (AvgIpc) is 3.30. The Labute approximate surface area is 226 Å². The van der Waals surface area contributed by atoms with Crippen molar-refractivity contribution in [3.8, 4) is 0 Å². The molecule has 2 aliphatic rings. The molecular weight excluding hydrogens is 542 g/mol. The number of β-lactam (4-membered cyclic amide) rings is 1. The molecule has 1 saturated heterocycles. The van der Waals surface area contributed by atoms with E-state index in [4.69, 9.17) is 24.8 Å². The van der Waals surface area contributed by atoms with Crippen molar-refractivity contribution in [2.45, 2.75) is 50.3 Å².